The van der Waals surface area contributed by atoms with Gasteiger partial charge in [-0.2, -0.15) is 16.5 Å². The van der Waals surface area contributed by atoms with Gasteiger partial charge in [0.2, 0.25) is 0 Å². The minimum absolute atomic E-state index is 0.172. The highest BCUT2D eigenvalue weighted by molar-refractivity contribution is 7.99. The third-order valence-electron chi connectivity index (χ3n) is 4.39. The highest BCUT2D eigenvalue weighted by atomic mass is 32.2. The molecule has 10 heteroatoms. The molecule has 1 unspecified atom stereocenters. The number of thioether (sulfide) groups is 1. The first-order valence-electron chi connectivity index (χ1n) is 8.79. The molecule has 1 aromatic heterocycles. The van der Waals surface area contributed by atoms with Crippen molar-refractivity contribution in [2.24, 2.45) is 0 Å². The number of hydrogen-bond acceptors (Lipinski definition) is 7. The number of carbonyl (C=O) groups is 2. The van der Waals surface area contributed by atoms with E-state index in [-0.39, 0.29) is 24.0 Å². The van der Waals surface area contributed by atoms with Gasteiger partial charge in [0.1, 0.15) is 6.04 Å². The SMILES string of the molecule is CCOC(=O)C1CSCCN1C(=O)COn1ccc2ccc(S(C)(=O)=O)cc21. The molecule has 0 aliphatic carbocycles. The quantitative estimate of drug-likeness (QED) is 0.636. The normalized spacial score (nSPS) is 17.5. The van der Waals surface area contributed by atoms with Gasteiger partial charge in [-0.15, -0.1) is 0 Å². The second kappa shape index (κ2) is 8.44. The van der Waals surface area contributed by atoms with Crippen molar-refractivity contribution < 1.29 is 27.6 Å². The van der Waals surface area contributed by atoms with Crippen molar-refractivity contribution in [1.82, 2.24) is 9.63 Å². The Kier molecular flexibility index (Phi) is 6.19. The van der Waals surface area contributed by atoms with Crippen LogP contribution in [0.15, 0.2) is 35.4 Å². The van der Waals surface area contributed by atoms with E-state index in [1.807, 2.05) is 0 Å². The molecule has 0 N–H and O–H groups in total. The molecule has 1 saturated heterocycles. The first-order chi connectivity index (χ1) is 13.3. The van der Waals surface area contributed by atoms with Crippen LogP contribution < -0.4 is 4.84 Å². The van der Waals surface area contributed by atoms with Gasteiger partial charge in [0, 0.05) is 35.9 Å². The number of fused-ring (bicyclic) bond motifs is 1. The molecule has 1 aliphatic rings. The van der Waals surface area contributed by atoms with Gasteiger partial charge in [-0.3, -0.25) is 4.79 Å². The molecule has 1 atom stereocenters. The Balaban J connectivity index is 1.74. The van der Waals surface area contributed by atoms with Crippen LogP contribution in [0, 0.1) is 0 Å². The summed E-state index contributed by atoms with van der Waals surface area (Å²) < 4.78 is 30.0. The van der Waals surface area contributed by atoms with Crippen molar-refractivity contribution in [2.75, 3.05) is 37.5 Å². The predicted octanol–water partition coefficient (Wildman–Crippen LogP) is 0.981. The van der Waals surface area contributed by atoms with Crippen molar-refractivity contribution in [1.29, 1.82) is 0 Å². The maximum atomic E-state index is 12.6. The summed E-state index contributed by atoms with van der Waals surface area (Å²) in [5.41, 5.74) is 0.548. The van der Waals surface area contributed by atoms with E-state index in [1.165, 1.54) is 21.8 Å². The summed E-state index contributed by atoms with van der Waals surface area (Å²) in [6.07, 6.45) is 2.76. The summed E-state index contributed by atoms with van der Waals surface area (Å²) in [7, 11) is -3.36. The predicted molar refractivity (Wildman–Crippen MR) is 106 cm³/mol. The minimum Gasteiger partial charge on any atom is -0.464 e. The lowest BCUT2D eigenvalue weighted by molar-refractivity contribution is -0.155. The van der Waals surface area contributed by atoms with Crippen LogP contribution in [0.2, 0.25) is 0 Å². The Hall–Kier alpha value is -2.20. The van der Waals surface area contributed by atoms with Crippen molar-refractivity contribution >= 4 is 44.4 Å². The molecule has 28 heavy (non-hydrogen) atoms. The zero-order valence-electron chi connectivity index (χ0n) is 15.7. The fourth-order valence-corrected chi connectivity index (χ4v) is 4.64. The van der Waals surface area contributed by atoms with E-state index in [4.69, 9.17) is 9.57 Å². The molecule has 0 radical (unpaired) electrons. The van der Waals surface area contributed by atoms with Crippen LogP contribution in [-0.2, 0) is 24.2 Å². The topological polar surface area (TPSA) is 94.9 Å². The summed E-state index contributed by atoms with van der Waals surface area (Å²) in [5.74, 6) is 0.507. The van der Waals surface area contributed by atoms with E-state index in [1.54, 1.807) is 37.0 Å². The Morgan fingerprint density at radius 3 is 2.79 bits per heavy atom. The van der Waals surface area contributed by atoms with E-state index in [2.05, 4.69) is 0 Å². The Morgan fingerprint density at radius 2 is 2.07 bits per heavy atom. The third-order valence-corrected chi connectivity index (χ3v) is 6.52. The van der Waals surface area contributed by atoms with Crippen LogP contribution in [0.1, 0.15) is 6.92 Å². The number of aromatic nitrogens is 1. The summed E-state index contributed by atoms with van der Waals surface area (Å²) in [6, 6.07) is 5.88. The van der Waals surface area contributed by atoms with Crippen LogP contribution in [0.25, 0.3) is 10.9 Å². The Bertz CT molecular complexity index is 985. The zero-order chi connectivity index (χ0) is 20.3. The standard InChI is InChI=1S/C18H22N2O6S2/c1-3-25-18(22)16-12-27-9-8-19(16)17(21)11-26-20-7-6-13-4-5-14(10-15(13)20)28(2,23)24/h4-7,10,16H,3,8-9,11-12H2,1-2H3. The van der Waals surface area contributed by atoms with E-state index in [0.29, 0.717) is 17.8 Å². The number of benzene rings is 1. The number of sulfone groups is 1. The van der Waals surface area contributed by atoms with E-state index in [0.717, 1.165) is 17.4 Å². The molecule has 1 fully saturated rings. The van der Waals surface area contributed by atoms with Crippen LogP contribution in [0.4, 0.5) is 0 Å². The molecule has 0 saturated carbocycles. The molecule has 1 amide bonds. The second-order valence-corrected chi connectivity index (χ2v) is 9.50. The van der Waals surface area contributed by atoms with Gasteiger partial charge >= 0.3 is 5.97 Å². The molecule has 0 bridgehead atoms. The highest BCUT2D eigenvalue weighted by Gasteiger charge is 2.33. The smallest absolute Gasteiger partial charge is 0.329 e. The molecule has 0 spiro atoms. The first-order valence-corrected chi connectivity index (χ1v) is 11.8. The summed E-state index contributed by atoms with van der Waals surface area (Å²) in [5, 5.41) is 0.790. The third kappa shape index (κ3) is 4.44. The van der Waals surface area contributed by atoms with Crippen LogP contribution in [0.3, 0.4) is 0 Å². The molecule has 1 aliphatic heterocycles. The lowest BCUT2D eigenvalue weighted by atomic mass is 10.2. The zero-order valence-corrected chi connectivity index (χ0v) is 17.3. The molecule has 152 valence electrons. The molecule has 2 heterocycles. The molecular weight excluding hydrogens is 404 g/mol. The fourth-order valence-electron chi connectivity index (χ4n) is 2.97. The number of rotatable bonds is 6. The van der Waals surface area contributed by atoms with Gasteiger partial charge in [-0.1, -0.05) is 6.07 Å². The summed E-state index contributed by atoms with van der Waals surface area (Å²) in [4.78, 5) is 32.0. The van der Waals surface area contributed by atoms with Gasteiger partial charge in [0.05, 0.1) is 17.0 Å². The van der Waals surface area contributed by atoms with Gasteiger partial charge in [-0.05, 0) is 25.1 Å². The molecule has 8 nitrogen and oxygen atoms in total. The Labute approximate surface area is 167 Å². The van der Waals surface area contributed by atoms with Crippen molar-refractivity contribution in [3.63, 3.8) is 0 Å². The number of amides is 1. The van der Waals surface area contributed by atoms with Crippen LogP contribution in [-0.4, -0.2) is 73.5 Å². The number of carbonyl (C=O) groups excluding carboxylic acids is 2. The van der Waals surface area contributed by atoms with Crippen LogP contribution in [0.5, 0.6) is 0 Å². The highest BCUT2D eigenvalue weighted by Crippen LogP contribution is 2.21. The average Bonchev–Trinajstić information content (AvgIpc) is 3.08. The van der Waals surface area contributed by atoms with Gasteiger partial charge in [-0.25, -0.2) is 13.2 Å². The van der Waals surface area contributed by atoms with Gasteiger partial charge in [0.25, 0.3) is 5.91 Å². The molecular formula is C18H22N2O6S2. The number of nitrogens with zero attached hydrogens (tertiary/aromatic N) is 2. The summed E-state index contributed by atoms with van der Waals surface area (Å²) in [6.45, 7) is 2.16. The van der Waals surface area contributed by atoms with E-state index >= 15 is 0 Å². The lowest BCUT2D eigenvalue weighted by Crippen LogP contribution is -2.52. The average molecular weight is 427 g/mol. The van der Waals surface area contributed by atoms with Gasteiger partial charge in [0.15, 0.2) is 16.4 Å². The number of hydrogen-bond donors (Lipinski definition) is 0. The van der Waals surface area contributed by atoms with Crippen molar-refractivity contribution in [3.8, 4) is 0 Å². The van der Waals surface area contributed by atoms with Crippen molar-refractivity contribution in [3.05, 3.63) is 30.5 Å². The maximum absolute atomic E-state index is 12.6. The Morgan fingerprint density at radius 1 is 1.29 bits per heavy atom. The lowest BCUT2D eigenvalue weighted by Gasteiger charge is -2.33. The van der Waals surface area contributed by atoms with E-state index < -0.39 is 21.8 Å². The molecule has 1 aromatic carbocycles. The van der Waals surface area contributed by atoms with E-state index in [9.17, 15) is 18.0 Å². The molecule has 3 rings (SSSR count). The maximum Gasteiger partial charge on any atom is 0.329 e. The van der Waals surface area contributed by atoms with Gasteiger partial charge < -0.3 is 14.5 Å². The van der Waals surface area contributed by atoms with Crippen molar-refractivity contribution in [2.45, 2.75) is 17.9 Å². The second-order valence-electron chi connectivity index (χ2n) is 6.34. The molecule has 2 aromatic rings. The number of esters is 1. The summed E-state index contributed by atoms with van der Waals surface area (Å²) >= 11 is 1.60. The fraction of sp³-hybridized carbons (Fsp3) is 0.444. The first kappa shape index (κ1) is 20.5. The van der Waals surface area contributed by atoms with Crippen LogP contribution >= 0.6 is 11.8 Å². The minimum atomic E-state index is -3.36. The number of ether oxygens (including phenoxy) is 1. The largest absolute Gasteiger partial charge is 0.464 e. The monoisotopic (exact) mass is 426 g/mol.